The van der Waals surface area contributed by atoms with Crippen LogP contribution in [0.2, 0.25) is 5.02 Å². The van der Waals surface area contributed by atoms with Crippen LogP contribution in [0.1, 0.15) is 19.4 Å². The predicted octanol–water partition coefficient (Wildman–Crippen LogP) is 3.67. The largest absolute Gasteiger partial charge is 0.382 e. The van der Waals surface area contributed by atoms with Crippen LogP contribution in [-0.2, 0) is 6.42 Å². The highest BCUT2D eigenvalue weighted by molar-refractivity contribution is 6.33. The summed E-state index contributed by atoms with van der Waals surface area (Å²) in [6.07, 6.45) is 1.06. The lowest BCUT2D eigenvalue weighted by Crippen LogP contribution is -1.96. The molecule has 0 saturated heterocycles. The molecule has 2 nitrogen and oxygen atoms in total. The van der Waals surface area contributed by atoms with Gasteiger partial charge in [0, 0.05) is 5.39 Å². The van der Waals surface area contributed by atoms with E-state index in [4.69, 9.17) is 17.3 Å². The van der Waals surface area contributed by atoms with Crippen LogP contribution in [0.5, 0.6) is 0 Å². The molecule has 0 aliphatic rings. The zero-order valence-corrected chi connectivity index (χ0v) is 10.3. The third-order valence-electron chi connectivity index (χ3n) is 2.51. The van der Waals surface area contributed by atoms with E-state index in [0.29, 0.717) is 16.8 Å². The Morgan fingerprint density at radius 3 is 2.75 bits per heavy atom. The quantitative estimate of drug-likeness (QED) is 0.861. The second kappa shape index (κ2) is 4.30. The summed E-state index contributed by atoms with van der Waals surface area (Å²) in [6, 6.07) is 8.11. The molecule has 84 valence electrons. The zero-order chi connectivity index (χ0) is 11.7. The van der Waals surface area contributed by atoms with E-state index < -0.39 is 0 Å². The van der Waals surface area contributed by atoms with Crippen molar-refractivity contribution in [1.29, 1.82) is 0 Å². The van der Waals surface area contributed by atoms with E-state index in [2.05, 4.69) is 31.0 Å². The Kier molecular flexibility index (Phi) is 3.01. The summed E-state index contributed by atoms with van der Waals surface area (Å²) in [5.74, 6) is 1.04. The summed E-state index contributed by atoms with van der Waals surface area (Å²) in [6.45, 7) is 4.40. The van der Waals surface area contributed by atoms with Gasteiger partial charge in [-0.3, -0.25) is 0 Å². The third kappa shape index (κ3) is 2.27. The van der Waals surface area contributed by atoms with Gasteiger partial charge < -0.3 is 5.73 Å². The fraction of sp³-hybridized carbons (Fsp3) is 0.308. The Morgan fingerprint density at radius 2 is 2.06 bits per heavy atom. The number of nitrogen functional groups attached to an aromatic ring is 1. The number of hydrogen-bond donors (Lipinski definition) is 1. The van der Waals surface area contributed by atoms with Gasteiger partial charge in [0.1, 0.15) is 5.82 Å². The van der Waals surface area contributed by atoms with Crippen molar-refractivity contribution in [3.05, 3.63) is 34.9 Å². The molecule has 0 fully saturated rings. The molecule has 0 saturated carbocycles. The predicted molar refractivity (Wildman–Crippen MR) is 69.7 cm³/mol. The summed E-state index contributed by atoms with van der Waals surface area (Å²) in [7, 11) is 0. The van der Waals surface area contributed by atoms with Crippen LogP contribution in [0.4, 0.5) is 5.82 Å². The molecule has 0 bridgehead atoms. The Bertz CT molecular complexity index is 521. The van der Waals surface area contributed by atoms with Crippen LogP contribution in [0.25, 0.3) is 10.9 Å². The highest BCUT2D eigenvalue weighted by Crippen LogP contribution is 2.23. The lowest BCUT2D eigenvalue weighted by molar-refractivity contribution is 0.648. The number of anilines is 1. The molecule has 1 aromatic carbocycles. The second-order valence-electron chi connectivity index (χ2n) is 4.48. The highest BCUT2D eigenvalue weighted by atomic mass is 35.5. The van der Waals surface area contributed by atoms with E-state index >= 15 is 0 Å². The average molecular weight is 235 g/mol. The summed E-state index contributed by atoms with van der Waals surface area (Å²) in [4.78, 5) is 4.29. The first-order valence-electron chi connectivity index (χ1n) is 5.41. The molecular weight excluding hydrogens is 220 g/mol. The first-order valence-corrected chi connectivity index (χ1v) is 5.78. The maximum absolute atomic E-state index is 5.92. The lowest BCUT2D eigenvalue weighted by atomic mass is 10.0. The Labute approximate surface area is 100 Å². The van der Waals surface area contributed by atoms with Gasteiger partial charge in [0.05, 0.1) is 10.5 Å². The number of rotatable bonds is 2. The number of benzene rings is 1. The van der Waals surface area contributed by atoms with Gasteiger partial charge in [-0.2, -0.15) is 0 Å². The van der Waals surface area contributed by atoms with E-state index in [9.17, 15) is 0 Å². The standard InChI is InChI=1S/C13H15ClN2/c1-8(2)5-9-3-4-10-7-11(14)13(15)16-12(10)6-9/h3-4,6-8H,5H2,1-2H3,(H2,15,16). The first kappa shape index (κ1) is 11.2. The van der Waals surface area contributed by atoms with E-state index in [1.54, 1.807) is 0 Å². The molecule has 2 N–H and O–H groups in total. The normalized spacial score (nSPS) is 11.2. The number of nitrogens with two attached hydrogens (primary N) is 1. The van der Waals surface area contributed by atoms with Gasteiger partial charge in [-0.1, -0.05) is 37.6 Å². The van der Waals surface area contributed by atoms with E-state index in [0.717, 1.165) is 17.3 Å². The van der Waals surface area contributed by atoms with Gasteiger partial charge in [0.15, 0.2) is 0 Å². The van der Waals surface area contributed by atoms with Crippen molar-refractivity contribution >= 4 is 28.3 Å². The number of hydrogen-bond acceptors (Lipinski definition) is 2. The van der Waals surface area contributed by atoms with Gasteiger partial charge in [-0.15, -0.1) is 0 Å². The maximum atomic E-state index is 5.92. The molecule has 16 heavy (non-hydrogen) atoms. The van der Waals surface area contributed by atoms with Crippen LogP contribution in [-0.4, -0.2) is 4.98 Å². The SMILES string of the molecule is CC(C)Cc1ccc2cc(Cl)c(N)nc2c1. The topological polar surface area (TPSA) is 38.9 Å². The fourth-order valence-electron chi connectivity index (χ4n) is 1.80. The molecule has 0 unspecified atom stereocenters. The van der Waals surface area contributed by atoms with Gasteiger partial charge in [0.2, 0.25) is 0 Å². The Hall–Kier alpha value is -1.28. The number of aromatic nitrogens is 1. The first-order chi connectivity index (χ1) is 7.56. The minimum atomic E-state index is 0.399. The molecule has 0 spiro atoms. The van der Waals surface area contributed by atoms with Crippen LogP contribution < -0.4 is 5.73 Å². The summed E-state index contributed by atoms with van der Waals surface area (Å²) in [5.41, 5.74) is 7.90. The minimum Gasteiger partial charge on any atom is -0.382 e. The van der Waals surface area contributed by atoms with Crippen molar-refractivity contribution in [3.63, 3.8) is 0 Å². The van der Waals surface area contributed by atoms with Crippen LogP contribution in [0.15, 0.2) is 24.3 Å². The van der Waals surface area contributed by atoms with Crippen molar-refractivity contribution in [2.24, 2.45) is 5.92 Å². The Balaban J connectivity index is 2.49. The van der Waals surface area contributed by atoms with E-state index in [1.165, 1.54) is 5.56 Å². The number of halogens is 1. The molecule has 3 heteroatoms. The molecule has 0 atom stereocenters. The van der Waals surface area contributed by atoms with E-state index in [-0.39, 0.29) is 0 Å². The molecule has 1 aromatic heterocycles. The van der Waals surface area contributed by atoms with Crippen molar-refractivity contribution in [3.8, 4) is 0 Å². The van der Waals surface area contributed by atoms with Crippen molar-refractivity contribution in [2.45, 2.75) is 20.3 Å². The van der Waals surface area contributed by atoms with Gasteiger partial charge in [-0.25, -0.2) is 4.98 Å². The maximum Gasteiger partial charge on any atom is 0.142 e. The van der Waals surface area contributed by atoms with Crippen molar-refractivity contribution < 1.29 is 0 Å². The monoisotopic (exact) mass is 234 g/mol. The zero-order valence-electron chi connectivity index (χ0n) is 9.50. The lowest BCUT2D eigenvalue weighted by Gasteiger charge is -2.07. The molecular formula is C13H15ClN2. The molecule has 0 aliphatic carbocycles. The summed E-state index contributed by atoms with van der Waals surface area (Å²) >= 11 is 5.92. The van der Waals surface area contributed by atoms with Crippen molar-refractivity contribution in [2.75, 3.05) is 5.73 Å². The molecule has 0 aliphatic heterocycles. The van der Waals surface area contributed by atoms with Gasteiger partial charge >= 0.3 is 0 Å². The van der Waals surface area contributed by atoms with Crippen molar-refractivity contribution in [1.82, 2.24) is 4.98 Å². The smallest absolute Gasteiger partial charge is 0.142 e. The van der Waals surface area contributed by atoms with Crippen LogP contribution in [0.3, 0.4) is 0 Å². The molecule has 2 rings (SSSR count). The Morgan fingerprint density at radius 1 is 1.31 bits per heavy atom. The molecule has 0 radical (unpaired) electrons. The van der Waals surface area contributed by atoms with Crippen LogP contribution in [0, 0.1) is 5.92 Å². The van der Waals surface area contributed by atoms with Crippen LogP contribution >= 0.6 is 11.6 Å². The average Bonchev–Trinajstić information content (AvgIpc) is 2.19. The number of nitrogens with zero attached hydrogens (tertiary/aromatic N) is 1. The van der Waals surface area contributed by atoms with Gasteiger partial charge in [-0.05, 0) is 30.0 Å². The second-order valence-corrected chi connectivity index (χ2v) is 4.89. The summed E-state index contributed by atoms with van der Waals surface area (Å²) < 4.78 is 0. The molecule has 2 aromatic rings. The number of pyridine rings is 1. The third-order valence-corrected chi connectivity index (χ3v) is 2.81. The van der Waals surface area contributed by atoms with E-state index in [1.807, 2.05) is 12.1 Å². The molecule has 0 amide bonds. The highest BCUT2D eigenvalue weighted by Gasteiger charge is 2.04. The fourth-order valence-corrected chi connectivity index (χ4v) is 1.96. The van der Waals surface area contributed by atoms with Gasteiger partial charge in [0.25, 0.3) is 0 Å². The molecule has 1 heterocycles. The summed E-state index contributed by atoms with van der Waals surface area (Å²) in [5, 5.41) is 1.55. The number of fused-ring (bicyclic) bond motifs is 1. The minimum absolute atomic E-state index is 0.399.